The molecule has 4 heteroatoms. The number of aromatic amines is 1. The molecule has 0 amide bonds. The van der Waals surface area contributed by atoms with E-state index in [-0.39, 0.29) is 0 Å². The minimum Gasteiger partial charge on any atom is -0.486 e. The fourth-order valence-corrected chi connectivity index (χ4v) is 2.05. The van der Waals surface area contributed by atoms with Crippen LogP contribution in [-0.4, -0.2) is 9.97 Å². The normalized spacial score (nSPS) is 10.8. The van der Waals surface area contributed by atoms with E-state index in [1.165, 1.54) is 0 Å². The van der Waals surface area contributed by atoms with Crippen molar-refractivity contribution in [2.45, 2.75) is 13.5 Å². The van der Waals surface area contributed by atoms with Gasteiger partial charge in [0.25, 0.3) is 0 Å². The van der Waals surface area contributed by atoms with Crippen molar-refractivity contribution in [1.29, 1.82) is 0 Å². The SMILES string of the molecule is Cc1cc(OCc2nc3ccccc3[nH]2)ccc1Cl. The number of benzene rings is 2. The van der Waals surface area contributed by atoms with E-state index in [0.717, 1.165) is 33.2 Å². The Bertz CT molecular complexity index is 688. The Kier molecular flexibility index (Phi) is 3.13. The van der Waals surface area contributed by atoms with Gasteiger partial charge in [-0.25, -0.2) is 4.98 Å². The molecule has 0 bridgehead atoms. The highest BCUT2D eigenvalue weighted by atomic mass is 35.5. The lowest BCUT2D eigenvalue weighted by molar-refractivity contribution is 0.297. The topological polar surface area (TPSA) is 37.9 Å². The number of imidazole rings is 1. The maximum atomic E-state index is 5.98. The Morgan fingerprint density at radius 1 is 1.21 bits per heavy atom. The van der Waals surface area contributed by atoms with Crippen LogP contribution in [0.3, 0.4) is 0 Å². The predicted molar refractivity (Wildman–Crippen MR) is 76.6 cm³/mol. The van der Waals surface area contributed by atoms with Gasteiger partial charge in [-0.2, -0.15) is 0 Å². The lowest BCUT2D eigenvalue weighted by atomic mass is 10.2. The van der Waals surface area contributed by atoms with Gasteiger partial charge in [-0.1, -0.05) is 23.7 Å². The second-order valence-corrected chi connectivity index (χ2v) is 4.81. The highest BCUT2D eigenvalue weighted by molar-refractivity contribution is 6.31. The summed E-state index contributed by atoms with van der Waals surface area (Å²) < 4.78 is 5.71. The molecular weight excluding hydrogens is 260 g/mol. The summed E-state index contributed by atoms with van der Waals surface area (Å²) in [5.41, 5.74) is 2.98. The second kappa shape index (κ2) is 4.94. The van der Waals surface area contributed by atoms with Crippen LogP contribution >= 0.6 is 11.6 Å². The molecule has 1 N–H and O–H groups in total. The van der Waals surface area contributed by atoms with Gasteiger partial charge in [0.1, 0.15) is 18.2 Å². The second-order valence-electron chi connectivity index (χ2n) is 4.40. The Hall–Kier alpha value is -2.00. The molecule has 96 valence electrons. The van der Waals surface area contributed by atoms with Gasteiger partial charge in [0.15, 0.2) is 0 Å². The number of para-hydroxylation sites is 2. The number of H-pyrrole nitrogens is 1. The number of nitrogens with one attached hydrogen (secondary N) is 1. The zero-order chi connectivity index (χ0) is 13.2. The van der Waals surface area contributed by atoms with Crippen LogP contribution < -0.4 is 4.74 Å². The fraction of sp³-hybridized carbons (Fsp3) is 0.133. The maximum Gasteiger partial charge on any atom is 0.146 e. The standard InChI is InChI=1S/C15H13ClN2O/c1-10-8-11(6-7-12(10)16)19-9-15-17-13-4-2-3-5-14(13)18-15/h2-8H,9H2,1H3,(H,17,18). The van der Waals surface area contributed by atoms with Crippen molar-refractivity contribution in [1.82, 2.24) is 9.97 Å². The molecule has 0 aliphatic rings. The van der Waals surface area contributed by atoms with E-state index in [1.807, 2.05) is 49.4 Å². The Morgan fingerprint density at radius 3 is 2.84 bits per heavy atom. The Labute approximate surface area is 116 Å². The van der Waals surface area contributed by atoms with Crippen molar-refractivity contribution < 1.29 is 4.74 Å². The van der Waals surface area contributed by atoms with E-state index < -0.39 is 0 Å². The number of nitrogens with zero attached hydrogens (tertiary/aromatic N) is 1. The Balaban J connectivity index is 1.76. The number of aromatic nitrogens is 2. The van der Waals surface area contributed by atoms with Gasteiger partial charge in [-0.3, -0.25) is 0 Å². The van der Waals surface area contributed by atoms with Gasteiger partial charge in [-0.15, -0.1) is 0 Å². The molecule has 3 aromatic rings. The van der Waals surface area contributed by atoms with Crippen molar-refractivity contribution in [3.63, 3.8) is 0 Å². The van der Waals surface area contributed by atoms with E-state index in [4.69, 9.17) is 16.3 Å². The number of fused-ring (bicyclic) bond motifs is 1. The highest BCUT2D eigenvalue weighted by Crippen LogP contribution is 2.21. The molecule has 0 saturated carbocycles. The van der Waals surface area contributed by atoms with Gasteiger partial charge in [0.2, 0.25) is 0 Å². The van der Waals surface area contributed by atoms with E-state index in [1.54, 1.807) is 0 Å². The summed E-state index contributed by atoms with van der Waals surface area (Å²) in [5, 5.41) is 0.746. The lowest BCUT2D eigenvalue weighted by Crippen LogP contribution is -1.97. The smallest absolute Gasteiger partial charge is 0.146 e. The molecule has 1 aromatic heterocycles. The van der Waals surface area contributed by atoms with Crippen molar-refractivity contribution in [3.05, 3.63) is 58.9 Å². The summed E-state index contributed by atoms with van der Waals surface area (Å²) in [6.07, 6.45) is 0. The minimum atomic E-state index is 0.412. The molecule has 2 aromatic carbocycles. The predicted octanol–water partition coefficient (Wildman–Crippen LogP) is 4.10. The van der Waals surface area contributed by atoms with Crippen molar-refractivity contribution in [2.75, 3.05) is 0 Å². The number of hydrogen-bond acceptors (Lipinski definition) is 2. The number of hydrogen-bond donors (Lipinski definition) is 1. The van der Waals surface area contributed by atoms with Crippen molar-refractivity contribution in [3.8, 4) is 5.75 Å². The summed E-state index contributed by atoms with van der Waals surface area (Å²) >= 11 is 5.98. The summed E-state index contributed by atoms with van der Waals surface area (Å²) in [7, 11) is 0. The molecule has 1 heterocycles. The van der Waals surface area contributed by atoms with Gasteiger partial charge in [-0.05, 0) is 42.8 Å². The van der Waals surface area contributed by atoms with E-state index in [0.29, 0.717) is 6.61 Å². The van der Waals surface area contributed by atoms with Crippen LogP contribution in [0.25, 0.3) is 11.0 Å². The largest absolute Gasteiger partial charge is 0.486 e. The van der Waals surface area contributed by atoms with Crippen LogP contribution in [0.2, 0.25) is 5.02 Å². The van der Waals surface area contributed by atoms with Crippen LogP contribution in [0.4, 0.5) is 0 Å². The fourth-order valence-electron chi connectivity index (χ4n) is 1.93. The van der Waals surface area contributed by atoms with Crippen LogP contribution in [-0.2, 0) is 6.61 Å². The van der Waals surface area contributed by atoms with Crippen molar-refractivity contribution in [2.24, 2.45) is 0 Å². The third-order valence-corrected chi connectivity index (χ3v) is 3.37. The average Bonchev–Trinajstić information content (AvgIpc) is 2.83. The van der Waals surface area contributed by atoms with Crippen LogP contribution in [0.5, 0.6) is 5.75 Å². The number of halogens is 1. The molecule has 3 rings (SSSR count). The highest BCUT2D eigenvalue weighted by Gasteiger charge is 2.03. The zero-order valence-corrected chi connectivity index (χ0v) is 11.2. The zero-order valence-electron chi connectivity index (χ0n) is 10.5. The third kappa shape index (κ3) is 2.56. The summed E-state index contributed by atoms with van der Waals surface area (Å²) in [6.45, 7) is 2.37. The molecule has 0 aliphatic carbocycles. The Morgan fingerprint density at radius 2 is 2.05 bits per heavy atom. The van der Waals surface area contributed by atoms with Crippen molar-refractivity contribution >= 4 is 22.6 Å². The molecule has 0 spiro atoms. The first-order chi connectivity index (χ1) is 9.22. The van der Waals surface area contributed by atoms with Gasteiger partial charge >= 0.3 is 0 Å². The lowest BCUT2D eigenvalue weighted by Gasteiger charge is -2.05. The monoisotopic (exact) mass is 272 g/mol. The minimum absolute atomic E-state index is 0.412. The van der Waals surface area contributed by atoms with Gasteiger partial charge in [0.05, 0.1) is 11.0 Å². The van der Waals surface area contributed by atoms with Gasteiger partial charge in [0, 0.05) is 5.02 Å². The third-order valence-electron chi connectivity index (χ3n) is 2.94. The molecule has 0 aliphatic heterocycles. The molecule has 0 unspecified atom stereocenters. The number of aryl methyl sites for hydroxylation is 1. The van der Waals surface area contributed by atoms with Crippen LogP contribution in [0.1, 0.15) is 11.4 Å². The first-order valence-corrected chi connectivity index (χ1v) is 6.43. The average molecular weight is 273 g/mol. The van der Waals surface area contributed by atoms with Gasteiger partial charge < -0.3 is 9.72 Å². The molecule has 0 fully saturated rings. The van der Waals surface area contributed by atoms with E-state index >= 15 is 0 Å². The number of rotatable bonds is 3. The van der Waals surface area contributed by atoms with Crippen LogP contribution in [0.15, 0.2) is 42.5 Å². The molecule has 0 radical (unpaired) electrons. The quantitative estimate of drug-likeness (QED) is 0.779. The first-order valence-electron chi connectivity index (χ1n) is 6.05. The number of ether oxygens (including phenoxy) is 1. The summed E-state index contributed by atoms with van der Waals surface area (Å²) in [4.78, 5) is 7.69. The maximum absolute atomic E-state index is 5.98. The molecule has 19 heavy (non-hydrogen) atoms. The molecule has 3 nitrogen and oxygen atoms in total. The summed E-state index contributed by atoms with van der Waals surface area (Å²) in [6, 6.07) is 13.5. The summed E-state index contributed by atoms with van der Waals surface area (Å²) in [5.74, 6) is 1.61. The van der Waals surface area contributed by atoms with E-state index in [2.05, 4.69) is 9.97 Å². The van der Waals surface area contributed by atoms with Crippen LogP contribution in [0, 0.1) is 6.92 Å². The molecule has 0 saturated heterocycles. The van der Waals surface area contributed by atoms with E-state index in [9.17, 15) is 0 Å². The molecule has 0 atom stereocenters. The first kappa shape index (κ1) is 12.1. The molecular formula is C15H13ClN2O.